The van der Waals surface area contributed by atoms with Crippen molar-refractivity contribution in [3.8, 4) is 0 Å². The van der Waals surface area contributed by atoms with E-state index in [1.165, 1.54) is 12.7 Å². The number of para-hydroxylation sites is 1. The van der Waals surface area contributed by atoms with Crippen molar-refractivity contribution in [2.24, 2.45) is 0 Å². The minimum absolute atomic E-state index is 0.112. The highest BCUT2D eigenvalue weighted by atomic mass is 16.5. The Bertz CT molecular complexity index is 1040. The molecular weight excluding hydrogens is 378 g/mol. The molecule has 1 heterocycles. The maximum Gasteiger partial charge on any atom is 0.340 e. The molecule has 0 radical (unpaired) electrons. The molecule has 158 valence electrons. The smallest absolute Gasteiger partial charge is 0.340 e. The molecule has 0 spiro atoms. The van der Waals surface area contributed by atoms with Gasteiger partial charge in [0.25, 0.3) is 0 Å². The van der Waals surface area contributed by atoms with Crippen molar-refractivity contribution < 1.29 is 14.3 Å². The first-order chi connectivity index (χ1) is 14.4. The lowest BCUT2D eigenvalue weighted by Gasteiger charge is -2.22. The third kappa shape index (κ3) is 4.89. The Morgan fingerprint density at radius 3 is 2.43 bits per heavy atom. The Morgan fingerprint density at radius 2 is 1.73 bits per heavy atom. The molecule has 0 bridgehead atoms. The molecule has 2 aromatic carbocycles. The van der Waals surface area contributed by atoms with Gasteiger partial charge in [0.15, 0.2) is 0 Å². The number of nitrogens with one attached hydrogen (secondary N) is 1. The third-order valence-corrected chi connectivity index (χ3v) is 5.40. The van der Waals surface area contributed by atoms with Gasteiger partial charge in [-0.2, -0.15) is 0 Å². The second kappa shape index (κ2) is 9.59. The number of rotatable bonds is 8. The lowest BCUT2D eigenvalue weighted by Crippen LogP contribution is -2.29. The van der Waals surface area contributed by atoms with Crippen LogP contribution in [-0.4, -0.2) is 41.5 Å². The normalized spacial score (nSPS) is 11.3. The first-order valence-corrected chi connectivity index (χ1v) is 10.1. The second-order valence-corrected chi connectivity index (χ2v) is 7.73. The van der Waals surface area contributed by atoms with E-state index < -0.39 is 5.97 Å². The van der Waals surface area contributed by atoms with Crippen molar-refractivity contribution in [1.29, 1.82) is 0 Å². The van der Waals surface area contributed by atoms with E-state index in [9.17, 15) is 9.59 Å². The van der Waals surface area contributed by atoms with Crippen LogP contribution >= 0.6 is 0 Å². The van der Waals surface area contributed by atoms with Crippen LogP contribution in [0.5, 0.6) is 0 Å². The lowest BCUT2D eigenvalue weighted by molar-refractivity contribution is -0.121. The number of hydrogen-bond acceptors (Lipinski definition) is 4. The average Bonchev–Trinajstić information content (AvgIpc) is 3.11. The summed E-state index contributed by atoms with van der Waals surface area (Å²) in [6.45, 7) is 5.74. The molecule has 3 aromatic rings. The van der Waals surface area contributed by atoms with Crippen LogP contribution < -0.4 is 5.32 Å². The number of esters is 1. The van der Waals surface area contributed by atoms with E-state index in [-0.39, 0.29) is 12.5 Å². The largest absolute Gasteiger partial charge is 0.465 e. The molecule has 3 rings (SSSR count). The number of ether oxygens (including phenoxy) is 1. The fraction of sp³-hybridized carbons (Fsp3) is 0.333. The van der Waals surface area contributed by atoms with Crippen molar-refractivity contribution in [2.45, 2.75) is 39.5 Å². The van der Waals surface area contributed by atoms with E-state index in [0.29, 0.717) is 18.2 Å². The van der Waals surface area contributed by atoms with Crippen LogP contribution in [0.1, 0.15) is 35.3 Å². The van der Waals surface area contributed by atoms with Crippen molar-refractivity contribution in [3.63, 3.8) is 0 Å². The Labute approximate surface area is 177 Å². The van der Waals surface area contributed by atoms with E-state index in [1.807, 2.05) is 42.5 Å². The van der Waals surface area contributed by atoms with Gasteiger partial charge in [0, 0.05) is 36.2 Å². The van der Waals surface area contributed by atoms with Crippen molar-refractivity contribution >= 4 is 22.8 Å². The molecule has 1 N–H and O–H groups in total. The fourth-order valence-corrected chi connectivity index (χ4v) is 3.39. The van der Waals surface area contributed by atoms with Gasteiger partial charge in [0.05, 0.1) is 12.7 Å². The number of hydrogen-bond donors (Lipinski definition) is 1. The molecule has 30 heavy (non-hydrogen) atoms. The molecule has 1 amide bonds. The molecule has 6 nitrogen and oxygen atoms in total. The molecule has 0 saturated carbocycles. The van der Waals surface area contributed by atoms with Crippen LogP contribution in [0, 0.1) is 0 Å². The number of fused-ring (bicyclic) bond motifs is 1. The van der Waals surface area contributed by atoms with Gasteiger partial charge >= 0.3 is 5.97 Å². The third-order valence-electron chi connectivity index (χ3n) is 5.40. The summed E-state index contributed by atoms with van der Waals surface area (Å²) in [7, 11) is 3.45. The Hall–Kier alpha value is -3.12. The SMILES string of the molecule is COC(=O)c1cn(CC(=O)NCc2ccccc2CN(C)C(C)C)c2ccccc12. The Balaban J connectivity index is 1.71. The van der Waals surface area contributed by atoms with E-state index in [4.69, 9.17) is 4.74 Å². The zero-order valence-electron chi connectivity index (χ0n) is 18.0. The van der Waals surface area contributed by atoms with Crippen LogP contribution in [0.2, 0.25) is 0 Å². The molecule has 0 aliphatic rings. The molecule has 0 unspecified atom stereocenters. The van der Waals surface area contributed by atoms with Crippen LogP contribution in [0.3, 0.4) is 0 Å². The minimum Gasteiger partial charge on any atom is -0.465 e. The van der Waals surface area contributed by atoms with Gasteiger partial charge in [-0.3, -0.25) is 9.69 Å². The zero-order valence-corrected chi connectivity index (χ0v) is 18.0. The van der Waals surface area contributed by atoms with Crippen LogP contribution in [0.25, 0.3) is 10.9 Å². The van der Waals surface area contributed by atoms with Crippen molar-refractivity contribution in [3.05, 3.63) is 71.4 Å². The molecule has 0 saturated heterocycles. The standard InChI is InChI=1S/C24H29N3O3/c1-17(2)26(3)14-19-10-6-5-9-18(19)13-25-23(28)16-27-15-21(24(29)30-4)20-11-7-8-12-22(20)27/h5-12,15,17H,13-14,16H2,1-4H3,(H,25,28). The molecule has 0 fully saturated rings. The number of amides is 1. The molecule has 0 aliphatic carbocycles. The van der Waals surface area contributed by atoms with E-state index >= 15 is 0 Å². The van der Waals surface area contributed by atoms with Gasteiger partial charge in [0.2, 0.25) is 5.91 Å². The first-order valence-electron chi connectivity index (χ1n) is 10.1. The first kappa shape index (κ1) is 21.6. The summed E-state index contributed by atoms with van der Waals surface area (Å²) in [5.74, 6) is -0.521. The second-order valence-electron chi connectivity index (χ2n) is 7.73. The summed E-state index contributed by atoms with van der Waals surface area (Å²) >= 11 is 0. The number of methoxy groups -OCH3 is 1. The van der Waals surface area contributed by atoms with Gasteiger partial charge in [-0.25, -0.2) is 4.79 Å². The van der Waals surface area contributed by atoms with Crippen molar-refractivity contribution in [2.75, 3.05) is 14.2 Å². The maximum atomic E-state index is 12.7. The van der Waals surface area contributed by atoms with Gasteiger partial charge in [-0.1, -0.05) is 42.5 Å². The predicted molar refractivity (Wildman–Crippen MR) is 118 cm³/mol. The van der Waals surface area contributed by atoms with Gasteiger partial charge in [-0.05, 0) is 38.1 Å². The summed E-state index contributed by atoms with van der Waals surface area (Å²) in [5, 5.41) is 3.79. The average molecular weight is 408 g/mol. The number of aromatic nitrogens is 1. The van der Waals surface area contributed by atoms with E-state index in [0.717, 1.165) is 23.0 Å². The van der Waals surface area contributed by atoms with Crippen LogP contribution in [-0.2, 0) is 29.2 Å². The summed E-state index contributed by atoms with van der Waals surface area (Å²) in [5.41, 5.74) is 3.59. The number of carbonyl (C=O) groups is 2. The monoisotopic (exact) mass is 407 g/mol. The van der Waals surface area contributed by atoms with Crippen molar-refractivity contribution in [1.82, 2.24) is 14.8 Å². The summed E-state index contributed by atoms with van der Waals surface area (Å²) in [6, 6.07) is 16.1. The highest BCUT2D eigenvalue weighted by Crippen LogP contribution is 2.22. The van der Waals surface area contributed by atoms with E-state index in [1.54, 1.807) is 10.8 Å². The number of nitrogens with zero attached hydrogens (tertiary/aromatic N) is 2. The zero-order chi connectivity index (χ0) is 21.7. The summed E-state index contributed by atoms with van der Waals surface area (Å²) in [6.07, 6.45) is 1.68. The van der Waals surface area contributed by atoms with Gasteiger partial charge < -0.3 is 14.6 Å². The highest BCUT2D eigenvalue weighted by molar-refractivity contribution is 6.04. The van der Waals surface area contributed by atoms with Crippen LogP contribution in [0.15, 0.2) is 54.7 Å². The number of carbonyl (C=O) groups excluding carboxylic acids is 2. The Morgan fingerprint density at radius 1 is 1.07 bits per heavy atom. The van der Waals surface area contributed by atoms with E-state index in [2.05, 4.69) is 37.2 Å². The Kier molecular flexibility index (Phi) is 6.90. The summed E-state index contributed by atoms with van der Waals surface area (Å²) < 4.78 is 6.66. The van der Waals surface area contributed by atoms with Gasteiger partial charge in [0.1, 0.15) is 6.54 Å². The molecule has 0 atom stereocenters. The lowest BCUT2D eigenvalue weighted by atomic mass is 10.1. The molecule has 0 aliphatic heterocycles. The fourth-order valence-electron chi connectivity index (χ4n) is 3.39. The summed E-state index contributed by atoms with van der Waals surface area (Å²) in [4.78, 5) is 27.0. The van der Waals surface area contributed by atoms with Gasteiger partial charge in [-0.15, -0.1) is 0 Å². The topological polar surface area (TPSA) is 63.6 Å². The molecular formula is C24H29N3O3. The number of benzene rings is 2. The molecule has 6 heteroatoms. The maximum absolute atomic E-state index is 12.7. The quantitative estimate of drug-likeness (QED) is 0.580. The predicted octanol–water partition coefficient (Wildman–Crippen LogP) is 3.58. The van der Waals surface area contributed by atoms with Crippen LogP contribution in [0.4, 0.5) is 0 Å². The molecule has 1 aromatic heterocycles. The highest BCUT2D eigenvalue weighted by Gasteiger charge is 2.16. The minimum atomic E-state index is -0.409.